The zero-order chi connectivity index (χ0) is 12.4. The zero-order valence-electron chi connectivity index (χ0n) is 10.1. The third kappa shape index (κ3) is 2.71. The third-order valence-electron chi connectivity index (χ3n) is 3.34. The summed E-state index contributed by atoms with van der Waals surface area (Å²) >= 11 is 3.38. The van der Waals surface area contributed by atoms with E-state index in [0.29, 0.717) is 11.0 Å². The number of nitrogens with zero attached hydrogens (tertiary/aromatic N) is 3. The summed E-state index contributed by atoms with van der Waals surface area (Å²) in [5, 5.41) is 4.04. The Kier molecular flexibility index (Phi) is 3.58. The van der Waals surface area contributed by atoms with Crippen LogP contribution in [0.25, 0.3) is 0 Å². The molecule has 2 aromatic heterocycles. The summed E-state index contributed by atoms with van der Waals surface area (Å²) in [7, 11) is 0. The molecule has 1 aliphatic heterocycles. The molecule has 1 aliphatic rings. The maximum absolute atomic E-state index is 5.65. The lowest BCUT2D eigenvalue weighted by Crippen LogP contribution is -2.32. The number of piperidine rings is 1. The molecule has 0 unspecified atom stereocenters. The van der Waals surface area contributed by atoms with Crippen molar-refractivity contribution in [1.29, 1.82) is 0 Å². The second-order valence-electron chi connectivity index (χ2n) is 4.59. The first-order valence-corrected chi connectivity index (χ1v) is 7.83. The third-order valence-corrected chi connectivity index (χ3v) is 5.09. The molecule has 0 aromatic carbocycles. The minimum Gasteiger partial charge on any atom is -0.375 e. The van der Waals surface area contributed by atoms with Crippen LogP contribution in [0, 0.1) is 0 Å². The normalized spacial score (nSPS) is 18.2. The molecule has 96 valence electrons. The standard InChI is InChI=1S/C12H16N4S2/c13-12-15-7-10(18-12)8-16-4-1-9(2-5-16)11-14-3-6-17-11/h3,6-7,9H,1-2,4-5,8H2,(H2,13,15). The van der Waals surface area contributed by atoms with Crippen LogP contribution in [-0.2, 0) is 6.54 Å². The molecule has 2 N–H and O–H groups in total. The summed E-state index contributed by atoms with van der Waals surface area (Å²) in [6, 6.07) is 0. The fraction of sp³-hybridized carbons (Fsp3) is 0.500. The Morgan fingerprint density at radius 2 is 2.17 bits per heavy atom. The van der Waals surface area contributed by atoms with Crippen LogP contribution in [-0.4, -0.2) is 28.0 Å². The van der Waals surface area contributed by atoms with Crippen LogP contribution < -0.4 is 5.73 Å². The molecule has 1 fully saturated rings. The Morgan fingerprint density at radius 3 is 2.78 bits per heavy atom. The molecule has 3 rings (SSSR count). The number of anilines is 1. The molecule has 0 radical (unpaired) electrons. The van der Waals surface area contributed by atoms with E-state index < -0.39 is 0 Å². The lowest BCUT2D eigenvalue weighted by atomic mass is 9.97. The lowest BCUT2D eigenvalue weighted by Gasteiger charge is -2.30. The van der Waals surface area contributed by atoms with E-state index in [4.69, 9.17) is 5.73 Å². The van der Waals surface area contributed by atoms with Crippen LogP contribution in [0.15, 0.2) is 17.8 Å². The molecule has 0 bridgehead atoms. The van der Waals surface area contributed by atoms with Gasteiger partial charge in [-0.05, 0) is 25.9 Å². The van der Waals surface area contributed by atoms with Crippen molar-refractivity contribution in [1.82, 2.24) is 14.9 Å². The van der Waals surface area contributed by atoms with Crippen molar-refractivity contribution in [3.8, 4) is 0 Å². The second-order valence-corrected chi connectivity index (χ2v) is 6.66. The average Bonchev–Trinajstić information content (AvgIpc) is 3.02. The summed E-state index contributed by atoms with van der Waals surface area (Å²) in [5.74, 6) is 0.660. The van der Waals surface area contributed by atoms with Crippen LogP contribution in [0.4, 0.5) is 5.13 Å². The first kappa shape index (κ1) is 12.1. The van der Waals surface area contributed by atoms with E-state index in [2.05, 4.69) is 20.2 Å². The first-order valence-electron chi connectivity index (χ1n) is 6.13. The Hall–Kier alpha value is -0.980. The maximum Gasteiger partial charge on any atom is 0.180 e. The number of rotatable bonds is 3. The fourth-order valence-electron chi connectivity index (χ4n) is 2.39. The monoisotopic (exact) mass is 280 g/mol. The highest BCUT2D eigenvalue weighted by atomic mass is 32.1. The van der Waals surface area contributed by atoms with E-state index in [0.717, 1.165) is 19.6 Å². The van der Waals surface area contributed by atoms with E-state index in [1.807, 2.05) is 12.4 Å². The molecular formula is C12H16N4S2. The van der Waals surface area contributed by atoms with Gasteiger partial charge in [-0.3, -0.25) is 4.90 Å². The van der Waals surface area contributed by atoms with Crippen LogP contribution in [0.1, 0.15) is 28.6 Å². The summed E-state index contributed by atoms with van der Waals surface area (Å²) in [6.45, 7) is 3.27. The predicted octanol–water partition coefficient (Wildman–Crippen LogP) is 2.56. The molecule has 6 heteroatoms. The smallest absolute Gasteiger partial charge is 0.180 e. The highest BCUT2D eigenvalue weighted by molar-refractivity contribution is 7.15. The van der Waals surface area contributed by atoms with E-state index >= 15 is 0 Å². The number of nitrogen functional groups attached to an aromatic ring is 1. The van der Waals surface area contributed by atoms with Gasteiger partial charge in [0.05, 0.1) is 5.01 Å². The molecule has 2 aromatic rings. The largest absolute Gasteiger partial charge is 0.375 e. The van der Waals surface area contributed by atoms with Gasteiger partial charge in [-0.15, -0.1) is 22.7 Å². The molecule has 4 nitrogen and oxygen atoms in total. The van der Waals surface area contributed by atoms with Crippen LogP contribution in [0.2, 0.25) is 0 Å². The molecule has 0 aliphatic carbocycles. The van der Waals surface area contributed by atoms with Gasteiger partial charge in [-0.25, -0.2) is 9.97 Å². The average molecular weight is 280 g/mol. The topological polar surface area (TPSA) is 55.0 Å². The van der Waals surface area contributed by atoms with E-state index in [1.165, 1.54) is 22.7 Å². The van der Waals surface area contributed by atoms with Gasteiger partial charge in [0, 0.05) is 35.1 Å². The fourth-order valence-corrected chi connectivity index (χ4v) is 3.93. The molecule has 0 atom stereocenters. The van der Waals surface area contributed by atoms with Gasteiger partial charge in [0.2, 0.25) is 0 Å². The van der Waals surface area contributed by atoms with Gasteiger partial charge in [0.1, 0.15) is 0 Å². The van der Waals surface area contributed by atoms with Crippen molar-refractivity contribution in [3.63, 3.8) is 0 Å². The summed E-state index contributed by atoms with van der Waals surface area (Å²) < 4.78 is 0. The van der Waals surface area contributed by atoms with Gasteiger partial charge in [-0.2, -0.15) is 0 Å². The molecule has 3 heterocycles. The van der Waals surface area contributed by atoms with Gasteiger partial charge in [0.15, 0.2) is 5.13 Å². The minimum atomic E-state index is 0.660. The summed E-state index contributed by atoms with van der Waals surface area (Å²) in [6.07, 6.45) is 6.23. The Morgan fingerprint density at radius 1 is 1.33 bits per heavy atom. The van der Waals surface area contributed by atoms with E-state index in [1.54, 1.807) is 22.7 Å². The Bertz CT molecular complexity index is 486. The Balaban J connectivity index is 1.54. The summed E-state index contributed by atoms with van der Waals surface area (Å²) in [5.41, 5.74) is 5.65. The molecule has 1 saturated heterocycles. The van der Waals surface area contributed by atoms with Gasteiger partial charge < -0.3 is 5.73 Å². The van der Waals surface area contributed by atoms with Gasteiger partial charge >= 0.3 is 0 Å². The van der Waals surface area contributed by atoms with Crippen LogP contribution >= 0.6 is 22.7 Å². The van der Waals surface area contributed by atoms with Crippen molar-refractivity contribution < 1.29 is 0 Å². The van der Waals surface area contributed by atoms with Gasteiger partial charge in [-0.1, -0.05) is 0 Å². The zero-order valence-corrected chi connectivity index (χ0v) is 11.7. The lowest BCUT2D eigenvalue weighted by molar-refractivity contribution is 0.206. The quantitative estimate of drug-likeness (QED) is 0.939. The highest BCUT2D eigenvalue weighted by Gasteiger charge is 2.22. The van der Waals surface area contributed by atoms with Crippen molar-refractivity contribution in [2.45, 2.75) is 25.3 Å². The van der Waals surface area contributed by atoms with Crippen molar-refractivity contribution in [2.75, 3.05) is 18.8 Å². The molecule has 0 spiro atoms. The number of hydrogen-bond donors (Lipinski definition) is 1. The Labute approximate surface area is 114 Å². The van der Waals surface area contributed by atoms with E-state index in [-0.39, 0.29) is 0 Å². The second kappa shape index (κ2) is 5.34. The number of nitrogens with two attached hydrogens (primary N) is 1. The van der Waals surface area contributed by atoms with Crippen LogP contribution in [0.3, 0.4) is 0 Å². The minimum absolute atomic E-state index is 0.660. The van der Waals surface area contributed by atoms with Crippen molar-refractivity contribution >= 4 is 27.8 Å². The molecular weight excluding hydrogens is 264 g/mol. The highest BCUT2D eigenvalue weighted by Crippen LogP contribution is 2.30. The predicted molar refractivity (Wildman–Crippen MR) is 75.9 cm³/mol. The van der Waals surface area contributed by atoms with Crippen LogP contribution in [0.5, 0.6) is 0 Å². The van der Waals surface area contributed by atoms with Crippen molar-refractivity contribution in [3.05, 3.63) is 27.7 Å². The maximum atomic E-state index is 5.65. The number of likely N-dealkylation sites (tertiary alicyclic amines) is 1. The first-order chi connectivity index (χ1) is 8.81. The number of aromatic nitrogens is 2. The summed E-state index contributed by atoms with van der Waals surface area (Å²) in [4.78, 5) is 12.3. The molecule has 0 saturated carbocycles. The van der Waals surface area contributed by atoms with Gasteiger partial charge in [0.25, 0.3) is 0 Å². The number of thiazole rings is 2. The molecule has 18 heavy (non-hydrogen) atoms. The van der Waals surface area contributed by atoms with Crippen molar-refractivity contribution in [2.24, 2.45) is 0 Å². The molecule has 0 amide bonds. The number of hydrogen-bond acceptors (Lipinski definition) is 6. The SMILES string of the molecule is Nc1ncc(CN2CCC(c3nccs3)CC2)s1. The van der Waals surface area contributed by atoms with E-state index in [9.17, 15) is 0 Å².